The second kappa shape index (κ2) is 8.08. The van der Waals surface area contributed by atoms with Crippen molar-refractivity contribution >= 4 is 23.2 Å². The summed E-state index contributed by atoms with van der Waals surface area (Å²) in [5.74, 6) is -3.19. The maximum atomic E-state index is 15.4. The van der Waals surface area contributed by atoms with Crippen molar-refractivity contribution < 1.29 is 26.7 Å². The molecule has 0 spiro atoms. The van der Waals surface area contributed by atoms with Crippen LogP contribution in [0.15, 0.2) is 18.5 Å². The Kier molecular flexibility index (Phi) is 5.98. The summed E-state index contributed by atoms with van der Waals surface area (Å²) >= 11 is 6.15. The molecule has 0 fully saturated rings. The van der Waals surface area contributed by atoms with E-state index in [0.717, 1.165) is 29.9 Å². The molecule has 7 nitrogen and oxygen atoms in total. The highest BCUT2D eigenvalue weighted by Crippen LogP contribution is 2.41. The number of nitrogens with one attached hydrogen (secondary N) is 2. The Hall–Kier alpha value is -2.73. The van der Waals surface area contributed by atoms with E-state index in [1.165, 1.54) is 0 Å². The molecule has 2 N–H and O–H groups in total. The molecule has 0 radical (unpaired) electrons. The third kappa shape index (κ3) is 4.49. The van der Waals surface area contributed by atoms with Crippen LogP contribution in [0.2, 0.25) is 5.15 Å². The van der Waals surface area contributed by atoms with Crippen LogP contribution in [0.4, 0.5) is 27.8 Å². The zero-order chi connectivity index (χ0) is 23.1. The zero-order valence-electron chi connectivity index (χ0n) is 16.8. The standard InChI is InChI=1S/C18H18ClF5N6O/c1-8(18(22,23)24)28-15-12(14(19)29-16-26-7-27-30(15)16)11-9(20)5-6-10(13(11)21)31-17(2,3)25-4/h5-8,25,28H,1-4H3/t8-/m0/s1. The van der Waals surface area contributed by atoms with E-state index in [-0.39, 0.29) is 11.5 Å². The number of halogens is 6. The van der Waals surface area contributed by atoms with E-state index in [9.17, 15) is 17.6 Å². The minimum atomic E-state index is -4.67. The molecule has 0 amide bonds. The van der Waals surface area contributed by atoms with Gasteiger partial charge in [-0.3, -0.25) is 5.32 Å². The number of aromatic nitrogens is 4. The number of ether oxygens (including phenoxy) is 1. The molecule has 13 heteroatoms. The van der Waals surface area contributed by atoms with E-state index in [0.29, 0.717) is 0 Å². The maximum Gasteiger partial charge on any atom is 0.408 e. The first-order valence-electron chi connectivity index (χ1n) is 8.94. The third-order valence-electron chi connectivity index (χ3n) is 4.50. The predicted octanol–water partition coefficient (Wildman–Crippen LogP) is 4.42. The van der Waals surface area contributed by atoms with E-state index in [1.54, 1.807) is 20.9 Å². The summed E-state index contributed by atoms with van der Waals surface area (Å²) in [5.41, 5.74) is -2.21. The first-order chi connectivity index (χ1) is 14.4. The van der Waals surface area contributed by atoms with E-state index in [1.807, 2.05) is 0 Å². The average molecular weight is 465 g/mol. The second-order valence-corrected chi connectivity index (χ2v) is 7.46. The van der Waals surface area contributed by atoms with Gasteiger partial charge in [0.05, 0.1) is 11.1 Å². The minimum Gasteiger partial charge on any atom is -0.470 e. The van der Waals surface area contributed by atoms with Crippen LogP contribution in [0.1, 0.15) is 20.8 Å². The Bertz CT molecular complexity index is 1120. The Morgan fingerprint density at radius 1 is 1.16 bits per heavy atom. The van der Waals surface area contributed by atoms with Gasteiger partial charge in [0.15, 0.2) is 17.3 Å². The van der Waals surface area contributed by atoms with Gasteiger partial charge >= 0.3 is 6.18 Å². The fraction of sp³-hybridized carbons (Fsp3) is 0.389. The number of hydrogen-bond donors (Lipinski definition) is 2. The van der Waals surface area contributed by atoms with Crippen molar-refractivity contribution in [3.05, 3.63) is 35.2 Å². The molecule has 168 valence electrons. The largest absolute Gasteiger partial charge is 0.470 e. The van der Waals surface area contributed by atoms with E-state index in [2.05, 4.69) is 25.7 Å². The molecule has 1 atom stereocenters. The van der Waals surface area contributed by atoms with Crippen LogP contribution >= 0.6 is 11.6 Å². The first kappa shape index (κ1) is 22.9. The van der Waals surface area contributed by atoms with Gasteiger partial charge in [-0.1, -0.05) is 11.6 Å². The monoisotopic (exact) mass is 464 g/mol. The highest BCUT2D eigenvalue weighted by atomic mass is 35.5. The van der Waals surface area contributed by atoms with Crippen molar-refractivity contribution in [2.24, 2.45) is 0 Å². The molecular formula is C18H18ClF5N6O. The molecule has 0 saturated carbocycles. The van der Waals surface area contributed by atoms with Gasteiger partial charge in [-0.05, 0) is 40.0 Å². The summed E-state index contributed by atoms with van der Waals surface area (Å²) in [5, 5.41) is 8.30. The van der Waals surface area contributed by atoms with E-state index in [4.69, 9.17) is 16.3 Å². The van der Waals surface area contributed by atoms with Gasteiger partial charge in [0, 0.05) is 0 Å². The second-order valence-electron chi connectivity index (χ2n) is 7.10. The van der Waals surface area contributed by atoms with Crippen LogP contribution in [-0.2, 0) is 0 Å². The zero-order valence-corrected chi connectivity index (χ0v) is 17.5. The van der Waals surface area contributed by atoms with E-state index < -0.39 is 51.7 Å². The van der Waals surface area contributed by atoms with Crippen LogP contribution in [0.3, 0.4) is 0 Å². The summed E-state index contributed by atoms with van der Waals surface area (Å²) in [6.45, 7) is 4.04. The molecular weight excluding hydrogens is 447 g/mol. The van der Waals surface area contributed by atoms with Crippen molar-refractivity contribution in [1.82, 2.24) is 24.9 Å². The summed E-state index contributed by atoms with van der Waals surface area (Å²) in [6, 6.07) is -0.127. The van der Waals surface area contributed by atoms with Crippen LogP contribution in [-0.4, -0.2) is 44.6 Å². The number of alkyl halides is 3. The Labute approximate surface area is 178 Å². The van der Waals surface area contributed by atoms with Gasteiger partial charge in [-0.2, -0.15) is 32.8 Å². The van der Waals surface area contributed by atoms with Crippen molar-refractivity contribution in [1.29, 1.82) is 0 Å². The lowest BCUT2D eigenvalue weighted by molar-refractivity contribution is -0.138. The molecule has 0 unspecified atom stereocenters. The Morgan fingerprint density at radius 3 is 2.45 bits per heavy atom. The molecule has 2 heterocycles. The highest BCUT2D eigenvalue weighted by Gasteiger charge is 2.38. The number of rotatable bonds is 6. The quantitative estimate of drug-likeness (QED) is 0.319. The molecule has 0 saturated heterocycles. The summed E-state index contributed by atoms with van der Waals surface area (Å²) in [4.78, 5) is 7.67. The number of fused-ring (bicyclic) bond motifs is 1. The Morgan fingerprint density at radius 2 is 1.84 bits per heavy atom. The fourth-order valence-electron chi connectivity index (χ4n) is 2.63. The molecule has 1 aromatic carbocycles. The molecule has 2 aromatic heterocycles. The molecule has 3 aromatic rings. The smallest absolute Gasteiger partial charge is 0.408 e. The number of hydrogen-bond acceptors (Lipinski definition) is 6. The number of nitrogens with zero attached hydrogens (tertiary/aromatic N) is 4. The van der Waals surface area contributed by atoms with Crippen molar-refractivity contribution in [3.8, 4) is 16.9 Å². The number of anilines is 1. The van der Waals surface area contributed by atoms with Crippen molar-refractivity contribution in [2.45, 2.75) is 38.7 Å². The minimum absolute atomic E-state index is 0.157. The molecule has 0 aliphatic rings. The van der Waals surface area contributed by atoms with Gasteiger partial charge in [0.25, 0.3) is 5.78 Å². The van der Waals surface area contributed by atoms with Crippen molar-refractivity contribution in [2.75, 3.05) is 12.4 Å². The maximum absolute atomic E-state index is 15.4. The van der Waals surface area contributed by atoms with Crippen LogP contribution in [0.25, 0.3) is 16.9 Å². The third-order valence-corrected chi connectivity index (χ3v) is 4.77. The average Bonchev–Trinajstić information content (AvgIpc) is 3.13. The van der Waals surface area contributed by atoms with Crippen LogP contribution in [0.5, 0.6) is 5.75 Å². The SMILES string of the molecule is CNC(C)(C)Oc1ccc(F)c(-c2c(Cl)nc3ncnn3c2N[C@@H](C)C(F)(F)F)c1F. The molecule has 0 bridgehead atoms. The molecule has 0 aliphatic heterocycles. The lowest BCUT2D eigenvalue weighted by Gasteiger charge is -2.27. The molecule has 3 rings (SSSR count). The van der Waals surface area contributed by atoms with Gasteiger partial charge in [-0.15, -0.1) is 0 Å². The summed E-state index contributed by atoms with van der Waals surface area (Å²) < 4.78 is 76.2. The summed E-state index contributed by atoms with van der Waals surface area (Å²) in [7, 11) is 1.57. The first-order valence-corrected chi connectivity index (χ1v) is 9.32. The fourth-order valence-corrected chi connectivity index (χ4v) is 2.89. The lowest BCUT2D eigenvalue weighted by Crippen LogP contribution is -2.42. The lowest BCUT2D eigenvalue weighted by atomic mass is 10.1. The topological polar surface area (TPSA) is 76.4 Å². The highest BCUT2D eigenvalue weighted by molar-refractivity contribution is 6.33. The summed E-state index contributed by atoms with van der Waals surface area (Å²) in [6.07, 6.45) is -3.65. The number of benzene rings is 1. The van der Waals surface area contributed by atoms with Crippen LogP contribution in [0, 0.1) is 11.6 Å². The van der Waals surface area contributed by atoms with Crippen LogP contribution < -0.4 is 15.4 Å². The normalized spacial score (nSPS) is 13.5. The van der Waals surface area contributed by atoms with Gasteiger partial charge < -0.3 is 10.1 Å². The molecule has 31 heavy (non-hydrogen) atoms. The van der Waals surface area contributed by atoms with Gasteiger partial charge in [0.2, 0.25) is 0 Å². The van der Waals surface area contributed by atoms with E-state index >= 15 is 4.39 Å². The van der Waals surface area contributed by atoms with Gasteiger partial charge in [0.1, 0.15) is 29.2 Å². The Balaban J connectivity index is 2.28. The predicted molar refractivity (Wildman–Crippen MR) is 104 cm³/mol. The van der Waals surface area contributed by atoms with Gasteiger partial charge in [-0.25, -0.2) is 8.78 Å². The van der Waals surface area contributed by atoms with Crippen molar-refractivity contribution in [3.63, 3.8) is 0 Å². The molecule has 0 aliphatic carbocycles.